The summed E-state index contributed by atoms with van der Waals surface area (Å²) in [5.74, 6) is -1.76. The van der Waals surface area contributed by atoms with Gasteiger partial charge in [-0.1, -0.05) is 18.2 Å². The largest absolute Gasteiger partial charge is 0.452 e. The molecule has 1 aromatic heterocycles. The second-order valence-electron chi connectivity index (χ2n) is 5.88. The highest BCUT2D eigenvalue weighted by atomic mass is 16.5. The number of amides is 2. The van der Waals surface area contributed by atoms with Gasteiger partial charge in [-0.05, 0) is 49.4 Å². The van der Waals surface area contributed by atoms with Crippen molar-refractivity contribution in [3.05, 3.63) is 83.7 Å². The molecule has 1 heterocycles. The second kappa shape index (κ2) is 8.63. The Morgan fingerprint density at radius 2 is 1.64 bits per heavy atom. The Hall–Kier alpha value is -3.94. The summed E-state index contributed by atoms with van der Waals surface area (Å²) in [7, 11) is 0. The van der Waals surface area contributed by atoms with Gasteiger partial charge in [-0.15, -0.1) is 0 Å². The summed E-state index contributed by atoms with van der Waals surface area (Å²) >= 11 is 0. The number of benzene rings is 2. The zero-order chi connectivity index (χ0) is 19.9. The van der Waals surface area contributed by atoms with Crippen molar-refractivity contribution >= 4 is 17.8 Å². The molecular formula is C20H18N4O4. The molecule has 0 unspecified atom stereocenters. The Labute approximate surface area is 161 Å². The molecule has 0 atom stereocenters. The van der Waals surface area contributed by atoms with Crippen LogP contribution in [0.2, 0.25) is 0 Å². The fourth-order valence-corrected chi connectivity index (χ4v) is 2.42. The fraction of sp³-hybridized carbons (Fsp3) is 0.100. The smallest absolute Gasteiger partial charge is 0.338 e. The van der Waals surface area contributed by atoms with E-state index in [0.29, 0.717) is 11.1 Å². The van der Waals surface area contributed by atoms with Crippen LogP contribution in [0.25, 0.3) is 5.69 Å². The highest BCUT2D eigenvalue weighted by Gasteiger charge is 2.12. The van der Waals surface area contributed by atoms with Crippen LogP contribution in [0.1, 0.15) is 26.4 Å². The number of carbonyl (C=O) groups excluding carboxylic acids is 3. The zero-order valence-corrected chi connectivity index (χ0v) is 15.1. The Morgan fingerprint density at radius 1 is 0.929 bits per heavy atom. The van der Waals surface area contributed by atoms with Gasteiger partial charge in [0.25, 0.3) is 11.8 Å². The topological polar surface area (TPSA) is 102 Å². The van der Waals surface area contributed by atoms with Gasteiger partial charge >= 0.3 is 5.97 Å². The van der Waals surface area contributed by atoms with E-state index in [4.69, 9.17) is 4.74 Å². The first-order chi connectivity index (χ1) is 13.5. The Kier molecular flexibility index (Phi) is 5.81. The van der Waals surface area contributed by atoms with Crippen molar-refractivity contribution < 1.29 is 19.1 Å². The SMILES string of the molecule is Cc1ccnn1-c1ccc(C(=O)OCC(=O)NNC(=O)c2ccccc2)cc1. The molecule has 0 spiro atoms. The molecule has 3 aromatic rings. The number of esters is 1. The van der Waals surface area contributed by atoms with Crippen molar-refractivity contribution in [2.24, 2.45) is 0 Å². The maximum absolute atomic E-state index is 12.1. The van der Waals surface area contributed by atoms with E-state index in [1.165, 1.54) is 0 Å². The van der Waals surface area contributed by atoms with Crippen LogP contribution in [0.4, 0.5) is 0 Å². The molecule has 0 saturated heterocycles. The Morgan fingerprint density at radius 3 is 2.29 bits per heavy atom. The molecule has 2 aromatic carbocycles. The molecule has 8 heteroatoms. The molecular weight excluding hydrogens is 360 g/mol. The third-order valence-corrected chi connectivity index (χ3v) is 3.87. The zero-order valence-electron chi connectivity index (χ0n) is 15.1. The average molecular weight is 378 g/mol. The van der Waals surface area contributed by atoms with Crippen molar-refractivity contribution in [1.82, 2.24) is 20.6 Å². The number of aryl methyl sites for hydroxylation is 1. The van der Waals surface area contributed by atoms with E-state index in [1.807, 2.05) is 13.0 Å². The third kappa shape index (κ3) is 4.61. The number of aromatic nitrogens is 2. The normalized spacial score (nSPS) is 10.2. The molecule has 28 heavy (non-hydrogen) atoms. The van der Waals surface area contributed by atoms with Gasteiger partial charge in [-0.3, -0.25) is 20.4 Å². The van der Waals surface area contributed by atoms with Crippen LogP contribution in [0, 0.1) is 6.92 Å². The minimum absolute atomic E-state index is 0.301. The molecule has 2 amide bonds. The first-order valence-electron chi connectivity index (χ1n) is 8.47. The number of ether oxygens (including phenoxy) is 1. The summed E-state index contributed by atoms with van der Waals surface area (Å²) in [5, 5.41) is 4.19. The van der Waals surface area contributed by atoms with E-state index in [1.54, 1.807) is 65.5 Å². The van der Waals surface area contributed by atoms with Crippen molar-refractivity contribution in [3.8, 4) is 5.69 Å². The van der Waals surface area contributed by atoms with Crippen LogP contribution >= 0.6 is 0 Å². The van der Waals surface area contributed by atoms with Gasteiger partial charge in [0, 0.05) is 17.5 Å². The summed E-state index contributed by atoms with van der Waals surface area (Å²) in [6.45, 7) is 1.40. The van der Waals surface area contributed by atoms with Gasteiger partial charge in [0.15, 0.2) is 6.61 Å². The molecule has 0 aliphatic carbocycles. The molecule has 0 aliphatic heterocycles. The van der Waals surface area contributed by atoms with Crippen LogP contribution in [0.3, 0.4) is 0 Å². The van der Waals surface area contributed by atoms with Gasteiger partial charge in [0.2, 0.25) is 0 Å². The lowest BCUT2D eigenvalue weighted by Gasteiger charge is -2.09. The molecule has 0 saturated carbocycles. The third-order valence-electron chi connectivity index (χ3n) is 3.87. The fourth-order valence-electron chi connectivity index (χ4n) is 2.42. The lowest BCUT2D eigenvalue weighted by Crippen LogP contribution is -2.43. The highest BCUT2D eigenvalue weighted by Crippen LogP contribution is 2.12. The predicted molar refractivity (Wildman–Crippen MR) is 101 cm³/mol. The summed E-state index contributed by atoms with van der Waals surface area (Å²) in [5.41, 5.74) is 6.91. The first kappa shape index (κ1) is 18.8. The number of nitrogens with zero attached hydrogens (tertiary/aromatic N) is 2. The molecule has 0 bridgehead atoms. The van der Waals surface area contributed by atoms with Gasteiger partial charge in [0.05, 0.1) is 11.3 Å². The van der Waals surface area contributed by atoms with Crippen molar-refractivity contribution in [3.63, 3.8) is 0 Å². The summed E-state index contributed by atoms with van der Waals surface area (Å²) in [6, 6.07) is 16.9. The molecule has 0 fully saturated rings. The van der Waals surface area contributed by atoms with Crippen LogP contribution in [0.15, 0.2) is 66.9 Å². The number of nitrogens with one attached hydrogen (secondary N) is 2. The Balaban J connectivity index is 1.48. The van der Waals surface area contributed by atoms with E-state index in [9.17, 15) is 14.4 Å². The molecule has 0 aliphatic rings. The lowest BCUT2D eigenvalue weighted by molar-refractivity contribution is -0.125. The monoisotopic (exact) mass is 378 g/mol. The van der Waals surface area contributed by atoms with Crippen LogP contribution < -0.4 is 10.9 Å². The molecule has 2 N–H and O–H groups in total. The summed E-state index contributed by atoms with van der Waals surface area (Å²) in [4.78, 5) is 35.6. The van der Waals surface area contributed by atoms with E-state index in [-0.39, 0.29) is 0 Å². The first-order valence-corrected chi connectivity index (χ1v) is 8.47. The number of hydrogen-bond acceptors (Lipinski definition) is 5. The molecule has 0 radical (unpaired) electrons. The molecule has 8 nitrogen and oxygen atoms in total. The highest BCUT2D eigenvalue weighted by molar-refractivity contribution is 5.96. The molecule has 3 rings (SSSR count). The summed E-state index contributed by atoms with van der Waals surface area (Å²) < 4.78 is 6.69. The predicted octanol–water partition coefficient (Wildman–Crippen LogP) is 1.80. The average Bonchev–Trinajstić information content (AvgIpc) is 3.16. The van der Waals surface area contributed by atoms with Crippen LogP contribution in [-0.2, 0) is 9.53 Å². The van der Waals surface area contributed by atoms with Crippen molar-refractivity contribution in [1.29, 1.82) is 0 Å². The minimum atomic E-state index is -0.651. The van der Waals surface area contributed by atoms with Gasteiger partial charge in [-0.2, -0.15) is 5.10 Å². The second-order valence-corrected chi connectivity index (χ2v) is 5.88. The van der Waals surface area contributed by atoms with Crippen molar-refractivity contribution in [2.45, 2.75) is 6.92 Å². The van der Waals surface area contributed by atoms with Crippen LogP contribution in [0.5, 0.6) is 0 Å². The number of hydrazine groups is 1. The maximum atomic E-state index is 12.1. The van der Waals surface area contributed by atoms with E-state index < -0.39 is 24.4 Å². The molecule has 142 valence electrons. The Bertz CT molecular complexity index is 981. The van der Waals surface area contributed by atoms with E-state index in [2.05, 4.69) is 16.0 Å². The lowest BCUT2D eigenvalue weighted by atomic mass is 10.2. The van der Waals surface area contributed by atoms with Gasteiger partial charge < -0.3 is 4.74 Å². The number of rotatable bonds is 5. The quantitative estimate of drug-likeness (QED) is 0.521. The van der Waals surface area contributed by atoms with Crippen molar-refractivity contribution in [2.75, 3.05) is 6.61 Å². The summed E-state index contributed by atoms with van der Waals surface area (Å²) in [6.07, 6.45) is 1.69. The van der Waals surface area contributed by atoms with Gasteiger partial charge in [-0.25, -0.2) is 9.48 Å². The van der Waals surface area contributed by atoms with E-state index >= 15 is 0 Å². The van der Waals surface area contributed by atoms with Crippen LogP contribution in [-0.4, -0.2) is 34.2 Å². The number of carbonyl (C=O) groups is 3. The minimum Gasteiger partial charge on any atom is -0.452 e. The standard InChI is InChI=1S/C20H18N4O4/c1-14-11-12-21-24(14)17-9-7-16(8-10-17)20(27)28-13-18(25)22-23-19(26)15-5-3-2-4-6-15/h2-12H,13H2,1H3,(H,22,25)(H,23,26). The van der Waals surface area contributed by atoms with Gasteiger partial charge in [0.1, 0.15) is 0 Å². The number of hydrogen-bond donors (Lipinski definition) is 2. The van der Waals surface area contributed by atoms with E-state index in [0.717, 1.165) is 11.4 Å². The maximum Gasteiger partial charge on any atom is 0.338 e.